The molecule has 0 aliphatic heterocycles. The van der Waals surface area contributed by atoms with Gasteiger partial charge in [0.15, 0.2) is 0 Å². The first kappa shape index (κ1) is 14.1. The largest absolute Gasteiger partial charge is 0.496 e. The van der Waals surface area contributed by atoms with E-state index >= 15 is 0 Å². The highest BCUT2D eigenvalue weighted by Gasteiger charge is 2.12. The monoisotopic (exact) mass is 296 g/mol. The van der Waals surface area contributed by atoms with Gasteiger partial charge in [-0.25, -0.2) is 9.78 Å². The summed E-state index contributed by atoms with van der Waals surface area (Å²) < 4.78 is 7.15. The minimum atomic E-state index is -0.955. The summed E-state index contributed by atoms with van der Waals surface area (Å²) in [6, 6.07) is 7.15. The Morgan fingerprint density at radius 3 is 2.68 bits per heavy atom. The molecule has 1 N–H and O–H groups in total. The molecule has 0 aliphatic carbocycles. The molecular formula is C17H16N2O3. The third-order valence-electron chi connectivity index (χ3n) is 3.72. The number of imidazole rings is 1. The lowest BCUT2D eigenvalue weighted by molar-refractivity contribution is 0.0697. The zero-order chi connectivity index (χ0) is 15.9. The van der Waals surface area contributed by atoms with Gasteiger partial charge >= 0.3 is 5.97 Å². The maximum atomic E-state index is 11.0. The lowest BCUT2D eigenvalue weighted by Gasteiger charge is -2.09. The van der Waals surface area contributed by atoms with Crippen molar-refractivity contribution in [2.24, 2.45) is 0 Å². The van der Waals surface area contributed by atoms with Gasteiger partial charge in [-0.15, -0.1) is 0 Å². The van der Waals surface area contributed by atoms with Gasteiger partial charge in [0.2, 0.25) is 0 Å². The van der Waals surface area contributed by atoms with E-state index in [0.29, 0.717) is 5.65 Å². The lowest BCUT2D eigenvalue weighted by Crippen LogP contribution is -1.96. The number of rotatable bonds is 3. The minimum Gasteiger partial charge on any atom is -0.496 e. The first-order valence-electron chi connectivity index (χ1n) is 6.87. The van der Waals surface area contributed by atoms with Crippen molar-refractivity contribution in [1.82, 2.24) is 9.38 Å². The number of carbonyl (C=O) groups is 1. The molecule has 0 atom stereocenters. The number of aromatic nitrogens is 2. The van der Waals surface area contributed by atoms with Crippen LogP contribution < -0.4 is 4.74 Å². The molecule has 0 amide bonds. The van der Waals surface area contributed by atoms with Crippen molar-refractivity contribution in [3.05, 3.63) is 53.3 Å². The topological polar surface area (TPSA) is 63.8 Å². The quantitative estimate of drug-likeness (QED) is 0.805. The van der Waals surface area contributed by atoms with Crippen LogP contribution in [0.4, 0.5) is 0 Å². The second-order valence-electron chi connectivity index (χ2n) is 5.25. The summed E-state index contributed by atoms with van der Waals surface area (Å²) in [5.41, 5.74) is 4.76. The van der Waals surface area contributed by atoms with Crippen molar-refractivity contribution in [2.75, 3.05) is 7.11 Å². The van der Waals surface area contributed by atoms with Crippen LogP contribution in [-0.2, 0) is 0 Å². The number of fused-ring (bicyclic) bond motifs is 1. The molecule has 0 radical (unpaired) electrons. The first-order chi connectivity index (χ1) is 10.5. The number of aromatic carboxylic acids is 1. The smallest absolute Gasteiger partial charge is 0.335 e. The van der Waals surface area contributed by atoms with Gasteiger partial charge in [-0.2, -0.15) is 0 Å². The molecule has 0 saturated carbocycles. The number of ether oxygens (including phenoxy) is 1. The van der Waals surface area contributed by atoms with Crippen LogP contribution >= 0.6 is 0 Å². The van der Waals surface area contributed by atoms with Crippen molar-refractivity contribution in [3.8, 4) is 17.0 Å². The van der Waals surface area contributed by atoms with E-state index in [0.717, 1.165) is 28.1 Å². The normalized spacial score (nSPS) is 10.9. The summed E-state index contributed by atoms with van der Waals surface area (Å²) >= 11 is 0. The fourth-order valence-electron chi connectivity index (χ4n) is 2.53. The van der Waals surface area contributed by atoms with Crippen LogP contribution in [0.15, 0.2) is 36.7 Å². The van der Waals surface area contributed by atoms with E-state index < -0.39 is 5.97 Å². The molecule has 5 heteroatoms. The number of carboxylic acid groups (broad SMARTS) is 1. The highest BCUT2D eigenvalue weighted by molar-refractivity contribution is 5.88. The Bertz CT molecular complexity index is 881. The van der Waals surface area contributed by atoms with Crippen LogP contribution in [0.25, 0.3) is 16.9 Å². The van der Waals surface area contributed by atoms with Crippen molar-refractivity contribution in [1.29, 1.82) is 0 Å². The van der Waals surface area contributed by atoms with Crippen molar-refractivity contribution in [2.45, 2.75) is 13.8 Å². The Labute approximate surface area is 127 Å². The van der Waals surface area contributed by atoms with Crippen LogP contribution in [0.5, 0.6) is 5.75 Å². The van der Waals surface area contributed by atoms with Crippen LogP contribution in [0.3, 0.4) is 0 Å². The molecule has 0 spiro atoms. The van der Waals surface area contributed by atoms with Crippen molar-refractivity contribution in [3.63, 3.8) is 0 Å². The summed E-state index contributed by atoms with van der Waals surface area (Å²) in [7, 11) is 1.65. The van der Waals surface area contributed by atoms with Gasteiger partial charge in [-0.3, -0.25) is 0 Å². The fourth-order valence-corrected chi connectivity index (χ4v) is 2.53. The van der Waals surface area contributed by atoms with Crippen LogP contribution in [0.1, 0.15) is 21.5 Å². The van der Waals surface area contributed by atoms with Gasteiger partial charge in [-0.05, 0) is 49.2 Å². The third-order valence-corrected chi connectivity index (χ3v) is 3.72. The number of hydrogen-bond acceptors (Lipinski definition) is 3. The zero-order valence-electron chi connectivity index (χ0n) is 12.6. The summed E-state index contributed by atoms with van der Waals surface area (Å²) in [6.45, 7) is 3.99. The third kappa shape index (κ3) is 2.30. The molecule has 0 saturated heterocycles. The Morgan fingerprint density at radius 1 is 1.23 bits per heavy atom. The van der Waals surface area contributed by atoms with Crippen LogP contribution in [0, 0.1) is 13.8 Å². The molecule has 22 heavy (non-hydrogen) atoms. The molecule has 3 aromatic rings. The number of benzene rings is 1. The van der Waals surface area contributed by atoms with E-state index in [9.17, 15) is 4.79 Å². The van der Waals surface area contributed by atoms with E-state index in [1.807, 2.05) is 36.6 Å². The molecule has 5 nitrogen and oxygen atoms in total. The van der Waals surface area contributed by atoms with Gasteiger partial charge in [-0.1, -0.05) is 0 Å². The van der Waals surface area contributed by atoms with E-state index in [2.05, 4.69) is 4.98 Å². The predicted molar refractivity (Wildman–Crippen MR) is 83.6 cm³/mol. The molecule has 0 bridgehead atoms. The molecular weight excluding hydrogens is 280 g/mol. The minimum absolute atomic E-state index is 0.229. The zero-order valence-corrected chi connectivity index (χ0v) is 12.6. The van der Waals surface area contributed by atoms with E-state index in [1.165, 1.54) is 0 Å². The molecule has 0 unspecified atom stereocenters. The second kappa shape index (κ2) is 5.18. The average molecular weight is 296 g/mol. The Morgan fingerprint density at radius 2 is 2.00 bits per heavy atom. The molecule has 2 aromatic heterocycles. The standard InChI is InChI=1S/C17H16N2O3/c1-10-7-15(22-3)11(2)6-13(10)14-9-19-5-4-12(17(20)21)8-16(19)18-14/h4-9H,1-3H3,(H,20,21). The highest BCUT2D eigenvalue weighted by Crippen LogP contribution is 2.29. The summed E-state index contributed by atoms with van der Waals surface area (Å²) in [5.74, 6) is -0.110. The Kier molecular flexibility index (Phi) is 3.33. The molecule has 3 rings (SSSR count). The van der Waals surface area contributed by atoms with Gasteiger partial charge in [0, 0.05) is 18.0 Å². The number of aryl methyl sites for hydroxylation is 2. The second-order valence-corrected chi connectivity index (χ2v) is 5.25. The van der Waals surface area contributed by atoms with Gasteiger partial charge in [0.05, 0.1) is 18.4 Å². The van der Waals surface area contributed by atoms with E-state index in [1.54, 1.807) is 25.4 Å². The van der Waals surface area contributed by atoms with Crippen molar-refractivity contribution < 1.29 is 14.6 Å². The molecule has 1 aromatic carbocycles. The average Bonchev–Trinajstić information content (AvgIpc) is 2.91. The number of hydrogen-bond donors (Lipinski definition) is 1. The number of methoxy groups -OCH3 is 1. The van der Waals surface area contributed by atoms with Crippen molar-refractivity contribution >= 4 is 11.6 Å². The van der Waals surface area contributed by atoms with Gasteiger partial charge in [0.25, 0.3) is 0 Å². The lowest BCUT2D eigenvalue weighted by atomic mass is 10.0. The fraction of sp³-hybridized carbons (Fsp3) is 0.176. The summed E-state index contributed by atoms with van der Waals surface area (Å²) in [6.07, 6.45) is 3.61. The molecule has 0 aliphatic rings. The first-order valence-corrected chi connectivity index (χ1v) is 6.87. The SMILES string of the molecule is COc1cc(C)c(-c2cn3ccc(C(=O)O)cc3n2)cc1C. The van der Waals surface area contributed by atoms with Crippen LogP contribution in [0.2, 0.25) is 0 Å². The maximum Gasteiger partial charge on any atom is 0.335 e. The maximum absolute atomic E-state index is 11.0. The Balaban J connectivity index is 2.14. The van der Waals surface area contributed by atoms with E-state index in [-0.39, 0.29) is 5.56 Å². The molecule has 112 valence electrons. The number of carboxylic acids is 1. The molecule has 0 fully saturated rings. The predicted octanol–water partition coefficient (Wildman–Crippen LogP) is 3.32. The summed E-state index contributed by atoms with van der Waals surface area (Å²) in [5, 5.41) is 9.06. The molecule has 2 heterocycles. The van der Waals surface area contributed by atoms with Gasteiger partial charge in [0.1, 0.15) is 11.4 Å². The van der Waals surface area contributed by atoms with Crippen LogP contribution in [-0.4, -0.2) is 27.6 Å². The number of nitrogens with zero attached hydrogens (tertiary/aromatic N) is 2. The highest BCUT2D eigenvalue weighted by atomic mass is 16.5. The number of pyridine rings is 1. The summed E-state index contributed by atoms with van der Waals surface area (Å²) in [4.78, 5) is 15.6. The van der Waals surface area contributed by atoms with Gasteiger partial charge < -0.3 is 14.2 Å². The Hall–Kier alpha value is -2.82. The van der Waals surface area contributed by atoms with E-state index in [4.69, 9.17) is 9.84 Å².